The molecule has 5 nitrogen and oxygen atoms in total. The van der Waals surface area contributed by atoms with Crippen LogP contribution in [0.25, 0.3) is 0 Å². The van der Waals surface area contributed by atoms with Gasteiger partial charge in [0.2, 0.25) is 17.2 Å². The second kappa shape index (κ2) is 8.03. The highest BCUT2D eigenvalue weighted by atomic mass is 35.5. The highest BCUT2D eigenvalue weighted by molar-refractivity contribution is 8.00. The number of rotatable bonds is 7. The van der Waals surface area contributed by atoms with Crippen molar-refractivity contribution in [2.45, 2.75) is 50.2 Å². The average Bonchev–Trinajstić information content (AvgIpc) is 2.51. The van der Waals surface area contributed by atoms with Gasteiger partial charge in [-0.1, -0.05) is 26.2 Å². The number of thioether (sulfide) groups is 1. The summed E-state index contributed by atoms with van der Waals surface area (Å²) in [5.74, 6) is 1.11. The van der Waals surface area contributed by atoms with Gasteiger partial charge < -0.3 is 10.6 Å². The van der Waals surface area contributed by atoms with E-state index in [1.807, 2.05) is 11.8 Å². The summed E-state index contributed by atoms with van der Waals surface area (Å²) in [6.45, 7) is 3.80. The zero-order chi connectivity index (χ0) is 15.1. The number of hydrogen-bond donors (Lipinski definition) is 2. The van der Waals surface area contributed by atoms with Crippen LogP contribution in [0.1, 0.15) is 45.4 Å². The van der Waals surface area contributed by atoms with Gasteiger partial charge in [-0.15, -0.1) is 0 Å². The summed E-state index contributed by atoms with van der Waals surface area (Å²) in [7, 11) is 0. The molecule has 1 aliphatic rings. The molecule has 0 aliphatic heterocycles. The molecular formula is C14H24ClN5S. The Hall–Kier alpha value is -0.750. The fraction of sp³-hybridized carbons (Fsp3) is 0.786. The minimum Gasteiger partial charge on any atom is -0.354 e. The zero-order valence-corrected chi connectivity index (χ0v) is 14.4. The normalized spacial score (nSPS) is 17.5. The Morgan fingerprint density at radius 2 is 1.76 bits per heavy atom. The quantitative estimate of drug-likeness (QED) is 0.792. The molecule has 0 unspecified atom stereocenters. The second-order valence-electron chi connectivity index (χ2n) is 5.48. The standard InChI is InChI=1S/C14H24ClN5S/c1-3-9-16-12-18-11(15)19-13(20-12)17-10-14(21-2)7-5-4-6-8-14/h3-10H2,1-2H3,(H2,16,17,18,19,20). The van der Waals surface area contributed by atoms with Crippen LogP contribution >= 0.6 is 23.4 Å². The maximum absolute atomic E-state index is 5.97. The van der Waals surface area contributed by atoms with E-state index in [1.165, 1.54) is 32.1 Å². The summed E-state index contributed by atoms with van der Waals surface area (Å²) in [5, 5.41) is 6.73. The van der Waals surface area contributed by atoms with Crippen molar-refractivity contribution in [3.05, 3.63) is 5.28 Å². The Bertz CT molecular complexity index is 451. The molecular weight excluding hydrogens is 306 g/mol. The molecule has 2 rings (SSSR count). The van der Waals surface area contributed by atoms with Crippen molar-refractivity contribution in [3.8, 4) is 0 Å². The molecule has 1 saturated carbocycles. The molecule has 1 aromatic heterocycles. The molecule has 1 aromatic rings. The van der Waals surface area contributed by atoms with Crippen LogP contribution in [0.2, 0.25) is 5.28 Å². The topological polar surface area (TPSA) is 62.7 Å². The maximum atomic E-state index is 5.97. The SMILES string of the molecule is CCCNc1nc(Cl)nc(NCC2(SC)CCCCC2)n1. The molecule has 2 N–H and O–H groups in total. The van der Waals surface area contributed by atoms with Crippen LogP contribution in [0.3, 0.4) is 0 Å². The third-order valence-electron chi connectivity index (χ3n) is 3.91. The van der Waals surface area contributed by atoms with Gasteiger partial charge in [0, 0.05) is 17.8 Å². The lowest BCUT2D eigenvalue weighted by Crippen LogP contribution is -2.36. The van der Waals surface area contributed by atoms with Crippen LogP contribution < -0.4 is 10.6 Å². The van der Waals surface area contributed by atoms with Crippen LogP contribution in [0.15, 0.2) is 0 Å². The minimum absolute atomic E-state index is 0.230. The predicted molar refractivity (Wildman–Crippen MR) is 91.4 cm³/mol. The van der Waals surface area contributed by atoms with Crippen LogP contribution in [0, 0.1) is 0 Å². The molecule has 7 heteroatoms. The van der Waals surface area contributed by atoms with Gasteiger partial charge >= 0.3 is 0 Å². The van der Waals surface area contributed by atoms with Crippen molar-refractivity contribution in [1.29, 1.82) is 0 Å². The number of anilines is 2. The fourth-order valence-corrected chi connectivity index (χ4v) is 3.71. The average molecular weight is 330 g/mol. The van der Waals surface area contributed by atoms with E-state index >= 15 is 0 Å². The molecule has 0 saturated heterocycles. The largest absolute Gasteiger partial charge is 0.354 e. The molecule has 0 amide bonds. The fourth-order valence-electron chi connectivity index (χ4n) is 2.63. The van der Waals surface area contributed by atoms with Gasteiger partial charge in [0.05, 0.1) is 0 Å². The first-order valence-corrected chi connectivity index (χ1v) is 9.22. The Kier molecular flexibility index (Phi) is 6.36. The van der Waals surface area contributed by atoms with Gasteiger partial charge in [-0.3, -0.25) is 0 Å². The van der Waals surface area contributed by atoms with Crippen LogP contribution in [0.4, 0.5) is 11.9 Å². The van der Waals surface area contributed by atoms with Crippen LogP contribution in [-0.2, 0) is 0 Å². The molecule has 0 atom stereocenters. The number of aromatic nitrogens is 3. The van der Waals surface area contributed by atoms with Gasteiger partial charge in [-0.2, -0.15) is 26.7 Å². The van der Waals surface area contributed by atoms with E-state index in [-0.39, 0.29) is 5.28 Å². The Labute approximate surface area is 136 Å². The summed E-state index contributed by atoms with van der Waals surface area (Å²) >= 11 is 7.92. The first kappa shape index (κ1) is 16.6. The first-order chi connectivity index (χ1) is 10.2. The monoisotopic (exact) mass is 329 g/mol. The highest BCUT2D eigenvalue weighted by Crippen LogP contribution is 2.38. The van der Waals surface area contributed by atoms with E-state index in [0.717, 1.165) is 19.5 Å². The summed E-state index contributed by atoms with van der Waals surface area (Å²) in [6, 6.07) is 0. The molecule has 21 heavy (non-hydrogen) atoms. The van der Waals surface area contributed by atoms with Gasteiger partial charge in [0.1, 0.15) is 0 Å². The molecule has 1 aliphatic carbocycles. The van der Waals surface area contributed by atoms with Crippen molar-refractivity contribution in [3.63, 3.8) is 0 Å². The summed E-state index contributed by atoms with van der Waals surface area (Å²) in [5.41, 5.74) is 0. The molecule has 1 heterocycles. The van der Waals surface area contributed by atoms with Gasteiger partial charge in [-0.05, 0) is 37.1 Å². The molecule has 0 radical (unpaired) electrons. The minimum atomic E-state index is 0.230. The lowest BCUT2D eigenvalue weighted by atomic mass is 9.88. The van der Waals surface area contributed by atoms with Gasteiger partial charge in [0.25, 0.3) is 0 Å². The lowest BCUT2D eigenvalue weighted by Gasteiger charge is -2.35. The van der Waals surface area contributed by atoms with E-state index in [9.17, 15) is 0 Å². The van der Waals surface area contributed by atoms with E-state index in [0.29, 0.717) is 16.6 Å². The highest BCUT2D eigenvalue weighted by Gasteiger charge is 2.31. The Morgan fingerprint density at radius 3 is 2.38 bits per heavy atom. The molecule has 118 valence electrons. The summed E-state index contributed by atoms with van der Waals surface area (Å²) in [4.78, 5) is 12.6. The van der Waals surface area contributed by atoms with Crippen molar-refractivity contribution in [2.24, 2.45) is 0 Å². The van der Waals surface area contributed by atoms with Crippen molar-refractivity contribution in [2.75, 3.05) is 30.0 Å². The summed E-state index contributed by atoms with van der Waals surface area (Å²) in [6.07, 6.45) is 9.68. The molecule has 0 bridgehead atoms. The third-order valence-corrected chi connectivity index (χ3v) is 5.50. The van der Waals surface area contributed by atoms with E-state index in [4.69, 9.17) is 11.6 Å². The van der Waals surface area contributed by atoms with E-state index in [1.54, 1.807) is 0 Å². The van der Waals surface area contributed by atoms with Gasteiger partial charge in [-0.25, -0.2) is 0 Å². The van der Waals surface area contributed by atoms with Crippen molar-refractivity contribution in [1.82, 2.24) is 15.0 Å². The van der Waals surface area contributed by atoms with Crippen LogP contribution in [0.5, 0.6) is 0 Å². The second-order valence-corrected chi connectivity index (χ2v) is 7.09. The van der Waals surface area contributed by atoms with E-state index in [2.05, 4.69) is 38.8 Å². The lowest BCUT2D eigenvalue weighted by molar-refractivity contribution is 0.411. The number of nitrogens with zero attached hydrogens (tertiary/aromatic N) is 3. The number of nitrogens with one attached hydrogen (secondary N) is 2. The van der Waals surface area contributed by atoms with Crippen molar-refractivity contribution >= 4 is 35.3 Å². The van der Waals surface area contributed by atoms with Crippen molar-refractivity contribution < 1.29 is 0 Å². The maximum Gasteiger partial charge on any atom is 0.228 e. The Balaban J connectivity index is 1.99. The predicted octanol–water partition coefficient (Wildman–Crippen LogP) is 3.82. The number of halogens is 1. The first-order valence-electron chi connectivity index (χ1n) is 7.62. The number of hydrogen-bond acceptors (Lipinski definition) is 6. The van der Waals surface area contributed by atoms with Crippen LogP contribution in [-0.4, -0.2) is 39.0 Å². The zero-order valence-electron chi connectivity index (χ0n) is 12.8. The smallest absolute Gasteiger partial charge is 0.228 e. The van der Waals surface area contributed by atoms with E-state index < -0.39 is 0 Å². The summed E-state index contributed by atoms with van der Waals surface area (Å²) < 4.78 is 0.300. The molecule has 0 spiro atoms. The third kappa shape index (κ3) is 4.88. The molecule has 0 aromatic carbocycles. The Morgan fingerprint density at radius 1 is 1.10 bits per heavy atom. The molecule has 1 fully saturated rings. The van der Waals surface area contributed by atoms with Gasteiger partial charge in [0.15, 0.2) is 0 Å².